The van der Waals surface area contributed by atoms with E-state index in [2.05, 4.69) is 5.32 Å². The van der Waals surface area contributed by atoms with Crippen molar-refractivity contribution in [2.24, 2.45) is 0 Å². The molecule has 0 radical (unpaired) electrons. The molecule has 0 aromatic heterocycles. The predicted molar refractivity (Wildman–Crippen MR) is 123 cm³/mol. The fourth-order valence-electron chi connectivity index (χ4n) is 2.76. The van der Waals surface area contributed by atoms with Gasteiger partial charge in [-0.1, -0.05) is 35.9 Å². The first kappa shape index (κ1) is 21.9. The van der Waals surface area contributed by atoms with Gasteiger partial charge in [0.1, 0.15) is 0 Å². The van der Waals surface area contributed by atoms with E-state index in [1.807, 2.05) is 60.7 Å². The molecule has 6 heteroatoms. The SMILES string of the molecule is CN(C)C(=O)c1ccc(CNC(=O)c2ccc(CSc3ccc(Cl)cc3)cc2)cc1. The molecule has 0 aliphatic carbocycles. The van der Waals surface area contributed by atoms with Crippen LogP contribution in [0.3, 0.4) is 0 Å². The highest BCUT2D eigenvalue weighted by Crippen LogP contribution is 2.24. The third-order valence-electron chi connectivity index (χ3n) is 4.50. The molecule has 3 rings (SSSR count). The average molecular weight is 439 g/mol. The molecule has 0 saturated carbocycles. The number of benzene rings is 3. The zero-order chi connectivity index (χ0) is 21.5. The molecule has 154 valence electrons. The molecule has 0 aliphatic rings. The highest BCUT2D eigenvalue weighted by Gasteiger charge is 2.09. The molecule has 0 atom stereocenters. The normalized spacial score (nSPS) is 10.5. The first-order chi connectivity index (χ1) is 14.4. The summed E-state index contributed by atoms with van der Waals surface area (Å²) in [7, 11) is 3.44. The summed E-state index contributed by atoms with van der Waals surface area (Å²) >= 11 is 7.63. The third kappa shape index (κ3) is 6.12. The molecule has 4 nitrogen and oxygen atoms in total. The smallest absolute Gasteiger partial charge is 0.253 e. The number of carbonyl (C=O) groups is 2. The molecule has 0 fully saturated rings. The number of nitrogens with zero attached hydrogens (tertiary/aromatic N) is 1. The third-order valence-corrected chi connectivity index (χ3v) is 5.83. The Hall–Kier alpha value is -2.76. The molecule has 3 aromatic carbocycles. The Morgan fingerprint density at radius 3 is 2.00 bits per heavy atom. The van der Waals surface area contributed by atoms with E-state index in [1.165, 1.54) is 4.90 Å². The van der Waals surface area contributed by atoms with Crippen LogP contribution in [0.1, 0.15) is 31.8 Å². The highest BCUT2D eigenvalue weighted by atomic mass is 35.5. The second-order valence-electron chi connectivity index (χ2n) is 7.02. The largest absolute Gasteiger partial charge is 0.348 e. The molecule has 0 spiro atoms. The molecular formula is C24H23ClN2O2S. The van der Waals surface area contributed by atoms with Crippen molar-refractivity contribution in [2.75, 3.05) is 14.1 Å². The summed E-state index contributed by atoms with van der Waals surface area (Å²) in [4.78, 5) is 27.0. The van der Waals surface area contributed by atoms with Crippen LogP contribution in [0, 0.1) is 0 Å². The average Bonchev–Trinajstić information content (AvgIpc) is 2.77. The van der Waals surface area contributed by atoms with E-state index in [0.29, 0.717) is 17.7 Å². The van der Waals surface area contributed by atoms with Crippen molar-refractivity contribution in [3.05, 3.63) is 100 Å². The van der Waals surface area contributed by atoms with Crippen LogP contribution in [0.15, 0.2) is 77.7 Å². The van der Waals surface area contributed by atoms with E-state index in [0.717, 1.165) is 26.8 Å². The number of amides is 2. The maximum absolute atomic E-state index is 12.4. The van der Waals surface area contributed by atoms with Crippen LogP contribution < -0.4 is 5.32 Å². The topological polar surface area (TPSA) is 49.4 Å². The van der Waals surface area contributed by atoms with Crippen molar-refractivity contribution in [3.8, 4) is 0 Å². The lowest BCUT2D eigenvalue weighted by Crippen LogP contribution is -2.23. The molecule has 0 aliphatic heterocycles. The zero-order valence-electron chi connectivity index (χ0n) is 16.9. The first-order valence-electron chi connectivity index (χ1n) is 9.48. The molecule has 30 heavy (non-hydrogen) atoms. The zero-order valence-corrected chi connectivity index (χ0v) is 18.5. The van der Waals surface area contributed by atoms with Gasteiger partial charge in [0.25, 0.3) is 11.8 Å². The van der Waals surface area contributed by atoms with E-state index in [1.54, 1.807) is 38.0 Å². The first-order valence-corrected chi connectivity index (χ1v) is 10.8. The predicted octanol–water partition coefficient (Wildman–Crippen LogP) is 5.26. The summed E-state index contributed by atoms with van der Waals surface area (Å²) in [5.74, 6) is 0.655. The van der Waals surface area contributed by atoms with Crippen LogP contribution in [0.4, 0.5) is 0 Å². The Morgan fingerprint density at radius 1 is 0.833 bits per heavy atom. The Labute approximate surface area is 186 Å². The maximum Gasteiger partial charge on any atom is 0.253 e. The van der Waals surface area contributed by atoms with E-state index in [4.69, 9.17) is 11.6 Å². The number of carbonyl (C=O) groups excluding carboxylic acids is 2. The van der Waals surface area contributed by atoms with Crippen LogP contribution in [0.25, 0.3) is 0 Å². The van der Waals surface area contributed by atoms with Crippen molar-refractivity contribution in [1.82, 2.24) is 10.2 Å². The van der Waals surface area contributed by atoms with Gasteiger partial charge in [-0.05, 0) is 59.7 Å². The van der Waals surface area contributed by atoms with E-state index >= 15 is 0 Å². The number of hydrogen-bond donors (Lipinski definition) is 1. The van der Waals surface area contributed by atoms with Crippen LogP contribution >= 0.6 is 23.4 Å². The van der Waals surface area contributed by atoms with Crippen LogP contribution in [0.5, 0.6) is 0 Å². The number of halogens is 1. The van der Waals surface area contributed by atoms with Gasteiger partial charge in [0.15, 0.2) is 0 Å². The standard InChI is InChI=1S/C24H23ClN2O2S/c1-27(2)24(29)20-9-3-17(4-10-20)15-26-23(28)19-7-5-18(6-8-19)16-30-22-13-11-21(25)12-14-22/h3-14H,15-16H2,1-2H3,(H,26,28). The van der Waals surface area contributed by atoms with E-state index in [-0.39, 0.29) is 11.8 Å². The number of hydrogen-bond acceptors (Lipinski definition) is 3. The Morgan fingerprint density at radius 2 is 1.40 bits per heavy atom. The minimum absolute atomic E-state index is 0.0418. The van der Waals surface area contributed by atoms with Crippen molar-refractivity contribution in [2.45, 2.75) is 17.2 Å². The van der Waals surface area contributed by atoms with Crippen LogP contribution in [0.2, 0.25) is 5.02 Å². The van der Waals surface area contributed by atoms with Gasteiger partial charge in [-0.3, -0.25) is 9.59 Å². The molecule has 2 amide bonds. The van der Waals surface area contributed by atoms with Crippen molar-refractivity contribution in [3.63, 3.8) is 0 Å². The Kier molecular flexibility index (Phi) is 7.55. The number of thioether (sulfide) groups is 1. The minimum atomic E-state index is -0.125. The molecule has 0 unspecified atom stereocenters. The van der Waals surface area contributed by atoms with E-state index in [9.17, 15) is 9.59 Å². The molecule has 0 heterocycles. The quantitative estimate of drug-likeness (QED) is 0.511. The number of nitrogens with one attached hydrogen (secondary N) is 1. The Balaban J connectivity index is 1.50. The summed E-state index contributed by atoms with van der Waals surface area (Å²) in [6, 6.07) is 22.6. The van der Waals surface area contributed by atoms with Gasteiger partial charge in [0, 0.05) is 47.4 Å². The summed E-state index contributed by atoms with van der Waals surface area (Å²) < 4.78 is 0. The van der Waals surface area contributed by atoms with Gasteiger partial charge < -0.3 is 10.2 Å². The van der Waals surface area contributed by atoms with Crippen molar-refractivity contribution < 1.29 is 9.59 Å². The van der Waals surface area contributed by atoms with Gasteiger partial charge in [-0.25, -0.2) is 0 Å². The minimum Gasteiger partial charge on any atom is -0.348 e. The summed E-state index contributed by atoms with van der Waals surface area (Å²) in [6.07, 6.45) is 0. The molecule has 1 N–H and O–H groups in total. The van der Waals surface area contributed by atoms with E-state index < -0.39 is 0 Å². The van der Waals surface area contributed by atoms with Gasteiger partial charge >= 0.3 is 0 Å². The van der Waals surface area contributed by atoms with Gasteiger partial charge in [0.05, 0.1) is 0 Å². The van der Waals surface area contributed by atoms with Crippen LogP contribution in [-0.2, 0) is 12.3 Å². The second-order valence-corrected chi connectivity index (χ2v) is 8.50. The van der Waals surface area contributed by atoms with Crippen LogP contribution in [-0.4, -0.2) is 30.8 Å². The molecule has 3 aromatic rings. The maximum atomic E-state index is 12.4. The van der Waals surface area contributed by atoms with Gasteiger partial charge in [-0.15, -0.1) is 11.8 Å². The Bertz CT molecular complexity index is 1000. The molecule has 0 bridgehead atoms. The lowest BCUT2D eigenvalue weighted by atomic mass is 10.1. The summed E-state index contributed by atoms with van der Waals surface area (Å²) in [5.41, 5.74) is 3.33. The molecular weight excluding hydrogens is 416 g/mol. The highest BCUT2D eigenvalue weighted by molar-refractivity contribution is 7.98. The fraction of sp³-hybridized carbons (Fsp3) is 0.167. The second kappa shape index (κ2) is 10.3. The number of rotatable bonds is 7. The van der Waals surface area contributed by atoms with Crippen molar-refractivity contribution in [1.29, 1.82) is 0 Å². The summed E-state index contributed by atoms with van der Waals surface area (Å²) in [5, 5.41) is 3.65. The fourth-order valence-corrected chi connectivity index (χ4v) is 3.74. The lowest BCUT2D eigenvalue weighted by molar-refractivity contribution is 0.0827. The van der Waals surface area contributed by atoms with Crippen molar-refractivity contribution >= 4 is 35.2 Å². The summed E-state index contributed by atoms with van der Waals surface area (Å²) in [6.45, 7) is 0.406. The lowest BCUT2D eigenvalue weighted by Gasteiger charge is -2.11. The van der Waals surface area contributed by atoms with Gasteiger partial charge in [-0.2, -0.15) is 0 Å². The van der Waals surface area contributed by atoms with Gasteiger partial charge in [0.2, 0.25) is 0 Å². The molecule has 0 saturated heterocycles. The monoisotopic (exact) mass is 438 g/mol.